The molecule has 2 rings (SSSR count). The molecule has 4 nitrogen and oxygen atoms in total. The summed E-state index contributed by atoms with van der Waals surface area (Å²) in [4.78, 5) is 25.7. The van der Waals surface area contributed by atoms with E-state index in [1.165, 1.54) is 5.01 Å². The van der Waals surface area contributed by atoms with Gasteiger partial charge < -0.3 is 0 Å². The third kappa shape index (κ3) is 8.95. The number of benzene rings is 2. The molecule has 174 valence electrons. The second kappa shape index (κ2) is 15.2. The average Bonchev–Trinajstić information content (AvgIpc) is 2.79. The lowest BCUT2D eigenvalue weighted by atomic mass is 9.98. The van der Waals surface area contributed by atoms with Crippen molar-refractivity contribution in [3.63, 3.8) is 0 Å². The lowest BCUT2D eigenvalue weighted by Gasteiger charge is -2.35. The highest BCUT2D eigenvalue weighted by Crippen LogP contribution is 2.19. The van der Waals surface area contributed by atoms with Gasteiger partial charge in [0.2, 0.25) is 0 Å². The minimum atomic E-state index is -0.559. The molecule has 2 amide bonds. The standard InChI is InChI=1S/C21H26N2O2.3C2H6/c1-14-12-13-18(16(3)15(14)2)19(24)22-23(21(4,5)6)20(25)17-10-8-7-9-11-17;3*1-2/h7-13H,1-6H3,(H,22,24);3*1-2H3. The van der Waals surface area contributed by atoms with Crippen molar-refractivity contribution in [3.05, 3.63) is 70.3 Å². The first kappa shape index (κ1) is 30.6. The first-order chi connectivity index (χ1) is 14.6. The molecule has 0 atom stereocenters. The molecule has 0 heterocycles. The monoisotopic (exact) mass is 428 g/mol. The Bertz CT molecular complexity index is 791. The molecule has 0 saturated carbocycles. The van der Waals surface area contributed by atoms with E-state index in [-0.39, 0.29) is 11.8 Å². The molecule has 0 aromatic heterocycles. The van der Waals surface area contributed by atoms with E-state index >= 15 is 0 Å². The quantitative estimate of drug-likeness (QED) is 0.511. The Morgan fingerprint density at radius 1 is 0.742 bits per heavy atom. The van der Waals surface area contributed by atoms with Gasteiger partial charge in [-0.25, -0.2) is 5.01 Å². The van der Waals surface area contributed by atoms with Crippen LogP contribution in [0, 0.1) is 20.8 Å². The van der Waals surface area contributed by atoms with Gasteiger partial charge in [-0.2, -0.15) is 0 Å². The fourth-order valence-corrected chi connectivity index (χ4v) is 2.60. The molecule has 0 aliphatic rings. The maximum absolute atomic E-state index is 12.9. The number of carbonyl (C=O) groups is 2. The summed E-state index contributed by atoms with van der Waals surface area (Å²) >= 11 is 0. The third-order valence-electron chi connectivity index (χ3n) is 4.41. The molecular weight excluding hydrogens is 384 g/mol. The molecule has 0 saturated heterocycles. The van der Waals surface area contributed by atoms with Crippen molar-refractivity contribution in [2.45, 2.75) is 88.6 Å². The van der Waals surface area contributed by atoms with Crippen molar-refractivity contribution >= 4 is 11.8 Å². The van der Waals surface area contributed by atoms with Gasteiger partial charge in [-0.1, -0.05) is 65.8 Å². The number of hydrogen-bond donors (Lipinski definition) is 1. The van der Waals surface area contributed by atoms with E-state index in [1.54, 1.807) is 18.2 Å². The van der Waals surface area contributed by atoms with E-state index in [1.807, 2.05) is 107 Å². The number of amides is 2. The topological polar surface area (TPSA) is 49.4 Å². The zero-order valence-electron chi connectivity index (χ0n) is 21.8. The van der Waals surface area contributed by atoms with Crippen molar-refractivity contribution in [2.24, 2.45) is 0 Å². The lowest BCUT2D eigenvalue weighted by Crippen LogP contribution is -2.56. The van der Waals surface area contributed by atoms with Crippen LogP contribution in [0.5, 0.6) is 0 Å². The fraction of sp³-hybridized carbons (Fsp3) is 0.481. The van der Waals surface area contributed by atoms with Crippen LogP contribution >= 0.6 is 0 Å². The molecule has 4 heteroatoms. The third-order valence-corrected chi connectivity index (χ3v) is 4.41. The maximum atomic E-state index is 12.9. The van der Waals surface area contributed by atoms with E-state index < -0.39 is 5.54 Å². The van der Waals surface area contributed by atoms with Crippen LogP contribution in [0.2, 0.25) is 0 Å². The molecule has 0 aliphatic heterocycles. The maximum Gasteiger partial charge on any atom is 0.272 e. The molecule has 0 aliphatic carbocycles. The first-order valence-corrected chi connectivity index (χ1v) is 11.4. The minimum absolute atomic E-state index is 0.233. The summed E-state index contributed by atoms with van der Waals surface area (Å²) in [7, 11) is 0. The molecule has 31 heavy (non-hydrogen) atoms. The van der Waals surface area contributed by atoms with E-state index in [2.05, 4.69) is 5.43 Å². The molecule has 0 fully saturated rings. The summed E-state index contributed by atoms with van der Waals surface area (Å²) < 4.78 is 0. The zero-order valence-corrected chi connectivity index (χ0v) is 21.8. The van der Waals surface area contributed by atoms with Crippen LogP contribution < -0.4 is 5.43 Å². The van der Waals surface area contributed by atoms with E-state index in [0.29, 0.717) is 11.1 Å². The smallest absolute Gasteiger partial charge is 0.267 e. The average molecular weight is 429 g/mol. The van der Waals surface area contributed by atoms with Crippen molar-refractivity contribution in [1.29, 1.82) is 0 Å². The van der Waals surface area contributed by atoms with Crippen molar-refractivity contribution in [3.8, 4) is 0 Å². The molecule has 0 spiro atoms. The number of carbonyl (C=O) groups excluding carboxylic acids is 2. The van der Waals surface area contributed by atoms with Crippen LogP contribution in [0.3, 0.4) is 0 Å². The van der Waals surface area contributed by atoms with Crippen LogP contribution in [-0.4, -0.2) is 22.4 Å². The van der Waals surface area contributed by atoms with Crippen molar-refractivity contribution < 1.29 is 9.59 Å². The van der Waals surface area contributed by atoms with Crippen LogP contribution in [-0.2, 0) is 0 Å². The zero-order chi connectivity index (χ0) is 24.8. The van der Waals surface area contributed by atoms with Gasteiger partial charge >= 0.3 is 0 Å². The Morgan fingerprint density at radius 3 is 1.68 bits per heavy atom. The number of hydrogen-bond acceptors (Lipinski definition) is 2. The van der Waals surface area contributed by atoms with Gasteiger partial charge in [0.05, 0.1) is 5.54 Å². The van der Waals surface area contributed by atoms with Crippen LogP contribution in [0.25, 0.3) is 0 Å². The minimum Gasteiger partial charge on any atom is -0.267 e. The summed E-state index contributed by atoms with van der Waals surface area (Å²) in [6, 6.07) is 12.7. The summed E-state index contributed by atoms with van der Waals surface area (Å²) in [5.74, 6) is -0.511. The first-order valence-electron chi connectivity index (χ1n) is 11.4. The van der Waals surface area contributed by atoms with E-state index in [4.69, 9.17) is 0 Å². The van der Waals surface area contributed by atoms with Crippen LogP contribution in [0.4, 0.5) is 0 Å². The van der Waals surface area contributed by atoms with Gasteiger partial charge in [0.15, 0.2) is 0 Å². The van der Waals surface area contributed by atoms with Gasteiger partial charge in [0.1, 0.15) is 0 Å². The number of rotatable bonds is 2. The second-order valence-corrected chi connectivity index (χ2v) is 7.30. The largest absolute Gasteiger partial charge is 0.272 e. The van der Waals surface area contributed by atoms with Gasteiger partial charge in [-0.3, -0.25) is 15.0 Å². The van der Waals surface area contributed by atoms with E-state index in [0.717, 1.165) is 16.7 Å². The molecule has 0 unspecified atom stereocenters. The Morgan fingerprint density at radius 2 is 1.23 bits per heavy atom. The number of nitrogens with one attached hydrogen (secondary N) is 1. The van der Waals surface area contributed by atoms with Gasteiger partial charge in [-0.15, -0.1) is 0 Å². The Balaban J connectivity index is 0. The molecule has 2 aromatic rings. The normalized spacial score (nSPS) is 9.55. The number of hydrazine groups is 1. The Kier molecular flexibility index (Phi) is 15.0. The molecular formula is C27H44N2O2. The summed E-state index contributed by atoms with van der Waals surface area (Å²) in [6.07, 6.45) is 0. The SMILES string of the molecule is CC.CC.CC.Cc1ccc(C(=O)NN(C(=O)c2ccccc2)C(C)(C)C)c(C)c1C. The highest BCUT2D eigenvalue weighted by Gasteiger charge is 2.30. The van der Waals surface area contributed by atoms with Gasteiger partial charge in [0, 0.05) is 11.1 Å². The van der Waals surface area contributed by atoms with E-state index in [9.17, 15) is 9.59 Å². The fourth-order valence-electron chi connectivity index (χ4n) is 2.60. The second-order valence-electron chi connectivity index (χ2n) is 7.30. The molecule has 0 bridgehead atoms. The predicted octanol–water partition coefficient (Wildman–Crippen LogP) is 7.28. The summed E-state index contributed by atoms with van der Waals surface area (Å²) in [5.41, 5.74) is 6.52. The number of aryl methyl sites for hydroxylation is 1. The van der Waals surface area contributed by atoms with Crippen LogP contribution in [0.15, 0.2) is 42.5 Å². The Hall–Kier alpha value is -2.62. The lowest BCUT2D eigenvalue weighted by molar-refractivity contribution is 0.0358. The number of nitrogens with zero attached hydrogens (tertiary/aromatic N) is 1. The summed E-state index contributed by atoms with van der Waals surface area (Å²) in [6.45, 7) is 23.6. The molecule has 0 radical (unpaired) electrons. The highest BCUT2D eigenvalue weighted by molar-refractivity contribution is 6.00. The summed E-state index contributed by atoms with van der Waals surface area (Å²) in [5, 5.41) is 1.40. The van der Waals surface area contributed by atoms with Crippen LogP contribution in [0.1, 0.15) is 99.7 Å². The van der Waals surface area contributed by atoms with Crippen molar-refractivity contribution in [2.75, 3.05) is 0 Å². The molecule has 1 N–H and O–H groups in total. The van der Waals surface area contributed by atoms with Crippen molar-refractivity contribution in [1.82, 2.24) is 10.4 Å². The highest BCUT2D eigenvalue weighted by atomic mass is 16.2. The predicted molar refractivity (Wildman–Crippen MR) is 135 cm³/mol. The van der Waals surface area contributed by atoms with Gasteiger partial charge in [0.25, 0.3) is 11.8 Å². The Labute approximate surface area is 191 Å². The molecule has 2 aromatic carbocycles. The van der Waals surface area contributed by atoms with Gasteiger partial charge in [-0.05, 0) is 76.4 Å².